The minimum atomic E-state index is -3.55. The Bertz CT molecular complexity index is 714. The minimum absolute atomic E-state index is 0.00419. The van der Waals surface area contributed by atoms with E-state index in [0.717, 1.165) is 6.26 Å². The van der Waals surface area contributed by atoms with E-state index in [4.69, 9.17) is 28.7 Å². The second-order valence-corrected chi connectivity index (χ2v) is 6.88. The average molecular weight is 352 g/mol. The number of nitrogens with zero attached hydrogens (tertiary/aromatic N) is 3. The van der Waals surface area contributed by atoms with Gasteiger partial charge in [0.1, 0.15) is 0 Å². The fourth-order valence-corrected chi connectivity index (χ4v) is 2.10. The van der Waals surface area contributed by atoms with Crippen LogP contribution >= 0.6 is 23.2 Å². The number of alkyl halides is 2. The lowest BCUT2D eigenvalue weighted by Crippen LogP contribution is -2.19. The van der Waals surface area contributed by atoms with Crippen LogP contribution in [0.5, 0.6) is 0 Å². The molecule has 0 radical (unpaired) electrons. The molecule has 0 fully saturated rings. The van der Waals surface area contributed by atoms with Crippen molar-refractivity contribution in [3.63, 3.8) is 0 Å². The summed E-state index contributed by atoms with van der Waals surface area (Å²) in [6.45, 7) is 1.63. The molecular formula is C10H11Cl2N5O3S. The van der Waals surface area contributed by atoms with Gasteiger partial charge in [0.15, 0.2) is 4.84 Å². The van der Waals surface area contributed by atoms with Crippen molar-refractivity contribution in [1.82, 2.24) is 0 Å². The van der Waals surface area contributed by atoms with Crippen LogP contribution < -0.4 is 10.0 Å². The molecule has 21 heavy (non-hydrogen) atoms. The van der Waals surface area contributed by atoms with E-state index in [1.165, 1.54) is 12.1 Å². The summed E-state index contributed by atoms with van der Waals surface area (Å²) in [6, 6.07) is 2.73. The van der Waals surface area contributed by atoms with Gasteiger partial charge in [-0.25, -0.2) is 8.42 Å². The monoisotopic (exact) mass is 351 g/mol. The number of hydrogen-bond donors (Lipinski definition) is 2. The molecule has 11 heteroatoms. The molecule has 0 bridgehead atoms. The summed E-state index contributed by atoms with van der Waals surface area (Å²) in [6.07, 6.45) is 0.962. The lowest BCUT2D eigenvalue weighted by Gasteiger charge is -2.13. The summed E-state index contributed by atoms with van der Waals surface area (Å²) in [7, 11) is -3.55. The van der Waals surface area contributed by atoms with Crippen LogP contribution in [0.15, 0.2) is 17.2 Å². The van der Waals surface area contributed by atoms with Crippen molar-refractivity contribution in [3.8, 4) is 0 Å². The van der Waals surface area contributed by atoms with E-state index in [1.54, 1.807) is 6.92 Å². The van der Waals surface area contributed by atoms with Crippen LogP contribution in [0, 0.1) is 6.92 Å². The SMILES string of the molecule is Cc1cc(NS(C)(=O)=O)c(N=[N+]=[N-])cc1NC(=O)C(Cl)Cl. The van der Waals surface area contributed by atoms with Crippen molar-refractivity contribution in [2.75, 3.05) is 16.3 Å². The highest BCUT2D eigenvalue weighted by Crippen LogP contribution is 2.32. The van der Waals surface area contributed by atoms with Crippen LogP contribution in [0.1, 0.15) is 5.56 Å². The van der Waals surface area contributed by atoms with Crippen LogP contribution in [0.4, 0.5) is 17.1 Å². The normalized spacial score (nSPS) is 10.9. The summed E-state index contributed by atoms with van der Waals surface area (Å²) in [5, 5.41) is 5.82. The predicted molar refractivity (Wildman–Crippen MR) is 82.6 cm³/mol. The molecule has 0 saturated heterocycles. The number of benzene rings is 1. The Morgan fingerprint density at radius 2 is 2.00 bits per heavy atom. The zero-order valence-corrected chi connectivity index (χ0v) is 13.3. The topological polar surface area (TPSA) is 124 Å². The third kappa shape index (κ3) is 5.31. The van der Waals surface area contributed by atoms with Crippen LogP contribution in [0.25, 0.3) is 10.4 Å². The van der Waals surface area contributed by atoms with Gasteiger partial charge in [-0.05, 0) is 30.2 Å². The lowest BCUT2D eigenvalue weighted by atomic mass is 10.1. The fourth-order valence-electron chi connectivity index (χ4n) is 1.43. The van der Waals surface area contributed by atoms with Gasteiger partial charge in [-0.2, -0.15) is 0 Å². The fraction of sp³-hybridized carbons (Fsp3) is 0.300. The molecule has 0 saturated carbocycles. The second kappa shape index (κ2) is 6.86. The summed E-state index contributed by atoms with van der Waals surface area (Å²) in [4.78, 5) is 12.8. The predicted octanol–water partition coefficient (Wildman–Crippen LogP) is 3.05. The lowest BCUT2D eigenvalue weighted by molar-refractivity contribution is -0.114. The number of carbonyl (C=O) groups is 1. The maximum atomic E-state index is 11.5. The van der Waals surface area contributed by atoms with Gasteiger partial charge in [0.05, 0.1) is 17.6 Å². The van der Waals surface area contributed by atoms with Crippen molar-refractivity contribution in [2.45, 2.75) is 11.8 Å². The van der Waals surface area contributed by atoms with Crippen molar-refractivity contribution >= 4 is 56.2 Å². The molecule has 0 aromatic heterocycles. The smallest absolute Gasteiger partial charge is 0.257 e. The first-order chi connectivity index (χ1) is 9.64. The zero-order chi connectivity index (χ0) is 16.2. The van der Waals surface area contributed by atoms with Gasteiger partial charge in [0.2, 0.25) is 10.0 Å². The molecule has 0 unspecified atom stereocenters. The van der Waals surface area contributed by atoms with Gasteiger partial charge in [0.25, 0.3) is 5.91 Å². The van der Waals surface area contributed by atoms with Gasteiger partial charge in [0, 0.05) is 10.6 Å². The Labute approximate surface area is 131 Å². The molecular weight excluding hydrogens is 341 g/mol. The number of aryl methyl sites for hydroxylation is 1. The van der Waals surface area contributed by atoms with E-state index in [0.29, 0.717) is 11.3 Å². The van der Waals surface area contributed by atoms with E-state index in [9.17, 15) is 13.2 Å². The largest absolute Gasteiger partial charge is 0.323 e. The van der Waals surface area contributed by atoms with Gasteiger partial charge in [-0.1, -0.05) is 28.3 Å². The van der Waals surface area contributed by atoms with Crippen molar-refractivity contribution < 1.29 is 13.2 Å². The number of rotatable bonds is 5. The number of anilines is 2. The number of sulfonamides is 1. The molecule has 8 nitrogen and oxygen atoms in total. The third-order valence-electron chi connectivity index (χ3n) is 2.25. The number of halogens is 2. The van der Waals surface area contributed by atoms with Crippen LogP contribution in [0.2, 0.25) is 0 Å². The molecule has 114 valence electrons. The number of amides is 1. The number of azide groups is 1. The van der Waals surface area contributed by atoms with Gasteiger partial charge in [-0.3, -0.25) is 9.52 Å². The zero-order valence-electron chi connectivity index (χ0n) is 11.0. The molecule has 0 atom stereocenters. The number of hydrogen-bond acceptors (Lipinski definition) is 4. The van der Waals surface area contributed by atoms with E-state index in [1.807, 2.05) is 0 Å². The Morgan fingerprint density at radius 3 is 2.48 bits per heavy atom. The Morgan fingerprint density at radius 1 is 1.38 bits per heavy atom. The molecule has 0 spiro atoms. The van der Waals surface area contributed by atoms with Gasteiger partial charge < -0.3 is 5.32 Å². The first kappa shape index (κ1) is 17.4. The minimum Gasteiger partial charge on any atom is -0.323 e. The summed E-state index contributed by atoms with van der Waals surface area (Å²) in [5.74, 6) is -0.655. The number of carbonyl (C=O) groups excluding carboxylic acids is 1. The molecule has 1 rings (SSSR count). The first-order valence-corrected chi connectivity index (χ1v) is 8.17. The Kier molecular flexibility index (Phi) is 5.68. The van der Waals surface area contributed by atoms with E-state index in [2.05, 4.69) is 20.1 Å². The van der Waals surface area contributed by atoms with E-state index in [-0.39, 0.29) is 11.4 Å². The molecule has 0 heterocycles. The molecule has 1 aromatic carbocycles. The molecule has 1 amide bonds. The van der Waals surface area contributed by atoms with Crippen molar-refractivity contribution in [3.05, 3.63) is 28.1 Å². The molecule has 0 aliphatic carbocycles. The van der Waals surface area contributed by atoms with Crippen LogP contribution in [0.3, 0.4) is 0 Å². The van der Waals surface area contributed by atoms with Crippen molar-refractivity contribution in [1.29, 1.82) is 0 Å². The second-order valence-electron chi connectivity index (χ2n) is 4.04. The Balaban J connectivity index is 3.30. The number of nitrogens with one attached hydrogen (secondary N) is 2. The standard InChI is InChI=1S/C10H11Cl2N5O3S/c1-5-3-8(16-21(2,19)20)7(15-17-13)4-6(5)14-10(18)9(11)12/h3-4,9,16H,1-2H3,(H,14,18). The summed E-state index contributed by atoms with van der Waals surface area (Å²) in [5.41, 5.74) is 9.45. The maximum absolute atomic E-state index is 11.5. The van der Waals surface area contributed by atoms with Crippen molar-refractivity contribution in [2.24, 2.45) is 5.11 Å². The quantitative estimate of drug-likeness (QED) is 0.366. The molecule has 1 aromatic rings. The van der Waals surface area contributed by atoms with Gasteiger partial charge in [-0.15, -0.1) is 0 Å². The van der Waals surface area contributed by atoms with Crippen LogP contribution in [-0.4, -0.2) is 25.4 Å². The first-order valence-electron chi connectivity index (χ1n) is 5.40. The average Bonchev–Trinajstić information content (AvgIpc) is 2.32. The third-order valence-corrected chi connectivity index (χ3v) is 3.23. The molecule has 0 aliphatic heterocycles. The van der Waals surface area contributed by atoms with E-state index < -0.39 is 20.8 Å². The molecule has 0 aliphatic rings. The van der Waals surface area contributed by atoms with E-state index >= 15 is 0 Å². The summed E-state index contributed by atoms with van der Waals surface area (Å²) < 4.78 is 24.8. The van der Waals surface area contributed by atoms with Gasteiger partial charge >= 0.3 is 0 Å². The Hall–Kier alpha value is -1.67. The maximum Gasteiger partial charge on any atom is 0.257 e. The van der Waals surface area contributed by atoms with Crippen LogP contribution in [-0.2, 0) is 14.8 Å². The molecule has 2 N–H and O–H groups in total. The summed E-state index contributed by atoms with van der Waals surface area (Å²) >= 11 is 10.9. The highest BCUT2D eigenvalue weighted by atomic mass is 35.5. The highest BCUT2D eigenvalue weighted by molar-refractivity contribution is 7.92. The highest BCUT2D eigenvalue weighted by Gasteiger charge is 2.15.